The highest BCUT2D eigenvalue weighted by molar-refractivity contribution is 6.05. The second-order valence-corrected chi connectivity index (χ2v) is 7.44. The van der Waals surface area contributed by atoms with Crippen molar-refractivity contribution in [3.63, 3.8) is 0 Å². The number of aromatic hydroxyl groups is 1. The van der Waals surface area contributed by atoms with Gasteiger partial charge in [-0.05, 0) is 65.4 Å². The Morgan fingerprint density at radius 2 is 1.73 bits per heavy atom. The number of aromatic nitrogens is 3. The molecule has 0 atom stereocenters. The van der Waals surface area contributed by atoms with Crippen molar-refractivity contribution < 1.29 is 19.7 Å². The number of amides is 1. The molecule has 8 heteroatoms. The molecule has 0 unspecified atom stereocenters. The maximum Gasteiger partial charge on any atom is 0.255 e. The van der Waals surface area contributed by atoms with Gasteiger partial charge in [0.15, 0.2) is 0 Å². The molecule has 4 aromatic carbocycles. The number of carbonyl (C=O) groups excluding carboxylic acids is 1. The molecule has 0 radical (unpaired) electrons. The molecule has 33 heavy (non-hydrogen) atoms. The van der Waals surface area contributed by atoms with E-state index < -0.39 is 0 Å². The van der Waals surface area contributed by atoms with Gasteiger partial charge in [-0.1, -0.05) is 24.3 Å². The Bertz CT molecular complexity index is 1460. The molecule has 0 aliphatic carbocycles. The highest BCUT2D eigenvalue weighted by Crippen LogP contribution is 2.30. The van der Waals surface area contributed by atoms with Gasteiger partial charge in [0.2, 0.25) is 0 Å². The third-order valence-corrected chi connectivity index (χ3v) is 5.15. The summed E-state index contributed by atoms with van der Waals surface area (Å²) < 4.78 is 5.48. The number of aliphatic hydroxyl groups excluding tert-OH is 1. The summed E-state index contributed by atoms with van der Waals surface area (Å²) >= 11 is 0. The van der Waals surface area contributed by atoms with E-state index >= 15 is 0 Å². The Morgan fingerprint density at radius 1 is 0.909 bits per heavy atom. The third-order valence-electron chi connectivity index (χ3n) is 5.15. The van der Waals surface area contributed by atoms with Crippen LogP contribution in [0.25, 0.3) is 27.5 Å². The van der Waals surface area contributed by atoms with Gasteiger partial charge in [-0.25, -0.2) is 0 Å². The lowest BCUT2D eigenvalue weighted by Gasteiger charge is -2.08. The summed E-state index contributed by atoms with van der Waals surface area (Å²) in [5.74, 6) is 0.385. The first kappa shape index (κ1) is 20.5. The summed E-state index contributed by atoms with van der Waals surface area (Å²) in [5, 5.41) is 33.0. The molecule has 1 amide bonds. The largest absolute Gasteiger partial charge is 0.506 e. The van der Waals surface area contributed by atoms with Gasteiger partial charge in [0.1, 0.15) is 34.8 Å². The SMILES string of the molecule is O=C(Nc1ccccc1)c1ccc2nn(-c3cc4cc(OCCO)ccc4cc3O)nc2c1. The zero-order chi connectivity index (χ0) is 22.8. The fourth-order valence-electron chi connectivity index (χ4n) is 3.55. The van der Waals surface area contributed by atoms with Gasteiger partial charge in [-0.15, -0.1) is 15.0 Å². The van der Waals surface area contributed by atoms with Gasteiger partial charge in [-0.3, -0.25) is 4.79 Å². The monoisotopic (exact) mass is 440 g/mol. The summed E-state index contributed by atoms with van der Waals surface area (Å²) in [6.07, 6.45) is 0. The number of hydrogen-bond donors (Lipinski definition) is 3. The van der Waals surface area contributed by atoms with Crippen LogP contribution in [-0.4, -0.2) is 44.3 Å². The molecule has 1 aromatic heterocycles. The molecule has 164 valence electrons. The first-order valence-electron chi connectivity index (χ1n) is 10.3. The average molecular weight is 440 g/mol. The number of aliphatic hydroxyl groups is 1. The Hall–Kier alpha value is -4.43. The number of para-hydroxylation sites is 1. The van der Waals surface area contributed by atoms with E-state index in [1.165, 1.54) is 4.80 Å². The molecular weight excluding hydrogens is 420 g/mol. The van der Waals surface area contributed by atoms with Crippen LogP contribution >= 0.6 is 0 Å². The minimum absolute atomic E-state index is 0.0221. The Morgan fingerprint density at radius 3 is 2.55 bits per heavy atom. The topological polar surface area (TPSA) is 110 Å². The lowest BCUT2D eigenvalue weighted by Crippen LogP contribution is -2.11. The quantitative estimate of drug-likeness (QED) is 0.369. The second-order valence-electron chi connectivity index (χ2n) is 7.44. The summed E-state index contributed by atoms with van der Waals surface area (Å²) in [4.78, 5) is 14.0. The van der Waals surface area contributed by atoms with Crippen molar-refractivity contribution in [1.82, 2.24) is 15.0 Å². The fourth-order valence-corrected chi connectivity index (χ4v) is 3.55. The summed E-state index contributed by atoms with van der Waals surface area (Å²) in [5.41, 5.74) is 2.66. The van der Waals surface area contributed by atoms with Crippen LogP contribution in [0.3, 0.4) is 0 Å². The minimum atomic E-state index is -0.249. The van der Waals surface area contributed by atoms with Crippen LogP contribution in [0.2, 0.25) is 0 Å². The van der Waals surface area contributed by atoms with Crippen molar-refractivity contribution in [1.29, 1.82) is 0 Å². The van der Waals surface area contributed by atoms with Crippen molar-refractivity contribution in [2.45, 2.75) is 0 Å². The molecule has 5 rings (SSSR count). The van der Waals surface area contributed by atoms with Crippen molar-refractivity contribution >= 4 is 33.4 Å². The molecule has 5 aromatic rings. The number of ether oxygens (including phenoxy) is 1. The van der Waals surface area contributed by atoms with E-state index in [4.69, 9.17) is 9.84 Å². The number of phenolic OH excluding ortho intramolecular Hbond substituents is 1. The standard InChI is InChI=1S/C25H20N4O4/c30-10-11-33-20-8-6-16-15-24(31)23(14-18(16)12-20)29-27-21-9-7-17(13-22(21)28-29)25(32)26-19-4-2-1-3-5-19/h1-9,12-15,30-31H,10-11H2,(H,26,32). The molecule has 0 aliphatic heterocycles. The summed E-state index contributed by atoms with van der Waals surface area (Å²) in [6.45, 7) is 0.122. The zero-order valence-corrected chi connectivity index (χ0v) is 17.5. The van der Waals surface area contributed by atoms with Gasteiger partial charge in [0, 0.05) is 11.3 Å². The van der Waals surface area contributed by atoms with Crippen LogP contribution < -0.4 is 10.1 Å². The van der Waals surface area contributed by atoms with E-state index in [2.05, 4.69) is 15.5 Å². The van der Waals surface area contributed by atoms with Crippen LogP contribution in [0.4, 0.5) is 5.69 Å². The molecule has 8 nitrogen and oxygen atoms in total. The highest BCUT2D eigenvalue weighted by atomic mass is 16.5. The molecule has 0 aliphatic rings. The van der Waals surface area contributed by atoms with Gasteiger partial charge in [0.25, 0.3) is 5.91 Å². The van der Waals surface area contributed by atoms with E-state index in [1.54, 1.807) is 36.4 Å². The number of nitrogens with zero attached hydrogens (tertiary/aromatic N) is 3. The number of carbonyl (C=O) groups is 1. The van der Waals surface area contributed by atoms with Gasteiger partial charge in [0.05, 0.1) is 6.61 Å². The first-order chi connectivity index (χ1) is 16.1. The van der Waals surface area contributed by atoms with Gasteiger partial charge >= 0.3 is 0 Å². The van der Waals surface area contributed by atoms with Crippen molar-refractivity contribution in [2.24, 2.45) is 0 Å². The van der Waals surface area contributed by atoms with E-state index in [1.807, 2.05) is 42.5 Å². The van der Waals surface area contributed by atoms with E-state index in [0.29, 0.717) is 33.7 Å². The predicted octanol–water partition coefficient (Wildman–Crippen LogP) is 3.90. The fraction of sp³-hybridized carbons (Fsp3) is 0.0800. The molecule has 0 saturated heterocycles. The molecule has 1 heterocycles. The number of phenols is 1. The lowest BCUT2D eigenvalue weighted by atomic mass is 10.1. The van der Waals surface area contributed by atoms with E-state index in [-0.39, 0.29) is 24.9 Å². The number of rotatable bonds is 6. The molecule has 0 bridgehead atoms. The van der Waals surface area contributed by atoms with Crippen molar-refractivity contribution in [3.8, 4) is 17.2 Å². The predicted molar refractivity (Wildman–Crippen MR) is 125 cm³/mol. The number of benzene rings is 4. The van der Waals surface area contributed by atoms with Crippen LogP contribution in [0.1, 0.15) is 10.4 Å². The number of anilines is 1. The summed E-state index contributed by atoms with van der Waals surface area (Å²) in [7, 11) is 0. The highest BCUT2D eigenvalue weighted by Gasteiger charge is 2.13. The third kappa shape index (κ3) is 4.19. The molecule has 3 N–H and O–H groups in total. The van der Waals surface area contributed by atoms with Crippen molar-refractivity contribution in [3.05, 3.63) is 84.4 Å². The molecule has 0 spiro atoms. The number of nitrogens with one attached hydrogen (secondary N) is 1. The maximum atomic E-state index is 12.6. The maximum absolute atomic E-state index is 12.6. The normalized spacial score (nSPS) is 11.1. The van der Waals surface area contributed by atoms with Gasteiger partial charge < -0.3 is 20.3 Å². The Balaban J connectivity index is 1.48. The number of fused-ring (bicyclic) bond motifs is 2. The van der Waals surface area contributed by atoms with Crippen LogP contribution in [-0.2, 0) is 0 Å². The minimum Gasteiger partial charge on any atom is -0.506 e. The Labute approximate surface area is 188 Å². The second kappa shape index (κ2) is 8.60. The smallest absolute Gasteiger partial charge is 0.255 e. The van der Waals surface area contributed by atoms with Crippen molar-refractivity contribution in [2.75, 3.05) is 18.5 Å². The first-order valence-corrected chi connectivity index (χ1v) is 10.3. The van der Waals surface area contributed by atoms with Crippen LogP contribution in [0.15, 0.2) is 78.9 Å². The molecule has 0 saturated carbocycles. The zero-order valence-electron chi connectivity index (χ0n) is 17.5. The summed E-state index contributed by atoms with van der Waals surface area (Å²) in [6, 6.07) is 23.1. The average Bonchev–Trinajstić information content (AvgIpc) is 3.26. The lowest BCUT2D eigenvalue weighted by molar-refractivity contribution is 0.102. The van der Waals surface area contributed by atoms with E-state index in [0.717, 1.165) is 10.8 Å². The molecular formula is C25H20N4O4. The van der Waals surface area contributed by atoms with Crippen LogP contribution in [0, 0.1) is 0 Å². The Kier molecular flexibility index (Phi) is 5.34. The number of hydrogen-bond acceptors (Lipinski definition) is 6. The van der Waals surface area contributed by atoms with Crippen LogP contribution in [0.5, 0.6) is 11.5 Å². The molecule has 0 fully saturated rings. The van der Waals surface area contributed by atoms with E-state index in [9.17, 15) is 9.90 Å². The van der Waals surface area contributed by atoms with Gasteiger partial charge in [-0.2, -0.15) is 0 Å².